The van der Waals surface area contributed by atoms with Crippen molar-refractivity contribution in [1.29, 1.82) is 0 Å². The van der Waals surface area contributed by atoms with Crippen LogP contribution in [0.3, 0.4) is 0 Å². The highest BCUT2D eigenvalue weighted by atomic mass is 35.5. The Kier molecular flexibility index (Phi) is 11.1. The average molecular weight is 434 g/mol. The minimum atomic E-state index is -0.806. The molecule has 0 spiro atoms. The Balaban J connectivity index is 0.00000450. The van der Waals surface area contributed by atoms with E-state index in [9.17, 15) is 9.59 Å². The van der Waals surface area contributed by atoms with Crippen LogP contribution in [0.25, 0.3) is 0 Å². The van der Waals surface area contributed by atoms with Crippen molar-refractivity contribution in [3.63, 3.8) is 0 Å². The fourth-order valence-electron chi connectivity index (χ4n) is 3.01. The molecule has 7 heteroatoms. The summed E-state index contributed by atoms with van der Waals surface area (Å²) in [5.74, 6) is -0.00162. The van der Waals surface area contributed by atoms with E-state index in [0.717, 1.165) is 23.3 Å². The molecule has 2 rings (SSSR count). The molecular weight excluding hydrogens is 402 g/mol. The van der Waals surface area contributed by atoms with E-state index in [1.54, 1.807) is 7.11 Å². The molecule has 30 heavy (non-hydrogen) atoms. The summed E-state index contributed by atoms with van der Waals surface area (Å²) in [7, 11) is 1.60. The number of hydrogen-bond acceptors (Lipinski definition) is 5. The second kappa shape index (κ2) is 13.0. The summed E-state index contributed by atoms with van der Waals surface area (Å²) < 4.78 is 5.13. The van der Waals surface area contributed by atoms with Gasteiger partial charge in [-0.1, -0.05) is 62.7 Å². The van der Waals surface area contributed by atoms with Crippen LogP contribution in [0.2, 0.25) is 0 Å². The summed E-state index contributed by atoms with van der Waals surface area (Å²) >= 11 is 0. The molecule has 0 radical (unpaired) electrons. The van der Waals surface area contributed by atoms with E-state index in [0.29, 0.717) is 13.0 Å². The Morgan fingerprint density at radius 2 is 1.63 bits per heavy atom. The number of amides is 2. The number of benzene rings is 2. The quantitative estimate of drug-likeness (QED) is 0.535. The van der Waals surface area contributed by atoms with Crippen LogP contribution in [-0.4, -0.2) is 31.0 Å². The Labute approximate surface area is 185 Å². The topological polar surface area (TPSA) is 93.5 Å². The van der Waals surface area contributed by atoms with Gasteiger partial charge in [0.15, 0.2) is 0 Å². The number of carbonyl (C=O) groups is 2. The highest BCUT2D eigenvalue weighted by molar-refractivity contribution is 6.00. The standard InChI is InChI=1S/C23H31N3O3.ClH/c1-4-16(2)21(25-15-18-8-6-5-7-9-18)23(28)26-22(27)20(24)14-17-10-12-19(29-3)13-11-17;/h5-13,16,20-21,25H,4,14-15,24H2,1-3H3,(H,26,27,28);1H/t16-,20-,21-;/m0./s1. The number of methoxy groups -OCH3 is 1. The molecule has 2 aromatic carbocycles. The van der Waals surface area contributed by atoms with E-state index in [2.05, 4.69) is 10.6 Å². The Hall–Kier alpha value is -2.41. The number of halogens is 1. The van der Waals surface area contributed by atoms with Crippen molar-refractivity contribution in [1.82, 2.24) is 10.6 Å². The SMILES string of the molecule is CC[C@H](C)[C@H](NCc1ccccc1)C(=O)NC(=O)[C@@H](N)Cc1ccc(OC)cc1.Cl. The predicted molar refractivity (Wildman–Crippen MR) is 122 cm³/mol. The molecule has 0 aliphatic rings. The lowest BCUT2D eigenvalue weighted by Crippen LogP contribution is -2.53. The van der Waals surface area contributed by atoms with Crippen LogP contribution in [0, 0.1) is 5.92 Å². The zero-order valence-corrected chi connectivity index (χ0v) is 18.6. The van der Waals surface area contributed by atoms with Gasteiger partial charge in [0.25, 0.3) is 0 Å². The first-order valence-electron chi connectivity index (χ1n) is 9.95. The smallest absolute Gasteiger partial charge is 0.244 e. The molecule has 0 aliphatic carbocycles. The van der Waals surface area contributed by atoms with Crippen molar-refractivity contribution in [2.75, 3.05) is 7.11 Å². The van der Waals surface area contributed by atoms with Crippen LogP contribution in [0.1, 0.15) is 31.4 Å². The second-order valence-corrected chi connectivity index (χ2v) is 7.24. The minimum absolute atomic E-state index is 0. The first kappa shape index (κ1) is 25.6. The average Bonchev–Trinajstić information content (AvgIpc) is 2.74. The van der Waals surface area contributed by atoms with Crippen molar-refractivity contribution >= 4 is 24.2 Å². The molecule has 2 aromatic rings. The van der Waals surface area contributed by atoms with Crippen molar-refractivity contribution in [2.24, 2.45) is 11.7 Å². The molecule has 0 saturated heterocycles. The third-order valence-electron chi connectivity index (χ3n) is 5.06. The third kappa shape index (κ3) is 7.78. The highest BCUT2D eigenvalue weighted by Crippen LogP contribution is 2.13. The lowest BCUT2D eigenvalue weighted by Gasteiger charge is -2.24. The molecule has 0 heterocycles. The van der Waals surface area contributed by atoms with Crippen LogP contribution in [0.15, 0.2) is 54.6 Å². The van der Waals surface area contributed by atoms with E-state index in [1.807, 2.05) is 68.4 Å². The normalized spacial score (nSPS) is 13.5. The lowest BCUT2D eigenvalue weighted by atomic mass is 9.97. The zero-order chi connectivity index (χ0) is 21.2. The fraction of sp³-hybridized carbons (Fsp3) is 0.391. The van der Waals surface area contributed by atoms with Crippen LogP contribution in [0.5, 0.6) is 5.75 Å². The zero-order valence-electron chi connectivity index (χ0n) is 17.8. The number of carbonyl (C=O) groups excluding carboxylic acids is 2. The van der Waals surface area contributed by atoms with Crippen molar-refractivity contribution in [3.05, 3.63) is 65.7 Å². The van der Waals surface area contributed by atoms with Gasteiger partial charge in [0.05, 0.1) is 19.2 Å². The van der Waals surface area contributed by atoms with E-state index in [1.165, 1.54) is 0 Å². The molecule has 0 bridgehead atoms. The van der Waals surface area contributed by atoms with Crippen molar-refractivity contribution in [2.45, 2.75) is 45.3 Å². The highest BCUT2D eigenvalue weighted by Gasteiger charge is 2.26. The Morgan fingerprint density at radius 3 is 2.20 bits per heavy atom. The fourth-order valence-corrected chi connectivity index (χ4v) is 3.01. The number of nitrogens with two attached hydrogens (primary N) is 1. The molecule has 4 N–H and O–H groups in total. The summed E-state index contributed by atoms with van der Waals surface area (Å²) in [4.78, 5) is 25.2. The number of rotatable bonds is 10. The van der Waals surface area contributed by atoms with E-state index in [-0.39, 0.29) is 24.2 Å². The minimum Gasteiger partial charge on any atom is -0.497 e. The van der Waals surface area contributed by atoms with Gasteiger partial charge < -0.3 is 15.8 Å². The monoisotopic (exact) mass is 433 g/mol. The largest absolute Gasteiger partial charge is 0.497 e. The molecule has 2 amide bonds. The van der Waals surface area contributed by atoms with Crippen molar-refractivity contribution in [3.8, 4) is 5.75 Å². The molecular formula is C23H32ClN3O3. The van der Waals surface area contributed by atoms with Gasteiger partial charge in [0.1, 0.15) is 5.75 Å². The molecule has 0 fully saturated rings. The molecule has 3 atom stereocenters. The van der Waals surface area contributed by atoms with E-state index in [4.69, 9.17) is 10.5 Å². The molecule has 0 saturated carbocycles. The summed E-state index contributed by atoms with van der Waals surface area (Å²) in [6.07, 6.45) is 1.15. The van der Waals surface area contributed by atoms with E-state index >= 15 is 0 Å². The first-order chi connectivity index (χ1) is 13.9. The summed E-state index contributed by atoms with van der Waals surface area (Å²) in [6.45, 7) is 4.56. The number of ether oxygens (including phenoxy) is 1. The van der Waals surface area contributed by atoms with Crippen molar-refractivity contribution < 1.29 is 14.3 Å². The van der Waals surface area contributed by atoms with Crippen LogP contribution >= 0.6 is 12.4 Å². The maximum absolute atomic E-state index is 12.7. The number of nitrogens with one attached hydrogen (secondary N) is 2. The Morgan fingerprint density at radius 1 is 1.00 bits per heavy atom. The van der Waals surface area contributed by atoms with Gasteiger partial charge in [-0.15, -0.1) is 12.4 Å². The summed E-state index contributed by atoms with van der Waals surface area (Å²) in [6, 6.07) is 15.9. The van der Waals surface area contributed by atoms with Gasteiger partial charge in [-0.3, -0.25) is 14.9 Å². The van der Waals surface area contributed by atoms with Crippen LogP contribution in [-0.2, 0) is 22.6 Å². The first-order valence-corrected chi connectivity index (χ1v) is 9.95. The second-order valence-electron chi connectivity index (χ2n) is 7.24. The summed E-state index contributed by atoms with van der Waals surface area (Å²) in [5.41, 5.74) is 8.01. The van der Waals surface area contributed by atoms with E-state index < -0.39 is 18.0 Å². The van der Waals surface area contributed by atoms with Gasteiger partial charge in [-0.25, -0.2) is 0 Å². The van der Waals surface area contributed by atoms with Crippen LogP contribution in [0.4, 0.5) is 0 Å². The Bertz CT molecular complexity index is 784. The molecule has 164 valence electrons. The van der Waals surface area contributed by atoms with Gasteiger partial charge in [0, 0.05) is 6.54 Å². The van der Waals surface area contributed by atoms with Gasteiger partial charge in [-0.05, 0) is 35.6 Å². The van der Waals surface area contributed by atoms with Gasteiger partial charge in [0.2, 0.25) is 11.8 Å². The van der Waals surface area contributed by atoms with Gasteiger partial charge >= 0.3 is 0 Å². The molecule has 0 unspecified atom stereocenters. The number of imide groups is 1. The third-order valence-corrected chi connectivity index (χ3v) is 5.06. The molecule has 6 nitrogen and oxygen atoms in total. The maximum Gasteiger partial charge on any atom is 0.244 e. The van der Waals surface area contributed by atoms with Gasteiger partial charge in [-0.2, -0.15) is 0 Å². The molecule has 0 aliphatic heterocycles. The number of hydrogen-bond donors (Lipinski definition) is 3. The van der Waals surface area contributed by atoms with Crippen LogP contribution < -0.4 is 21.1 Å². The lowest BCUT2D eigenvalue weighted by molar-refractivity contribution is -0.133. The maximum atomic E-state index is 12.7. The molecule has 0 aromatic heterocycles. The predicted octanol–water partition coefficient (Wildman–Crippen LogP) is 2.83. The summed E-state index contributed by atoms with van der Waals surface area (Å²) in [5, 5.41) is 5.76.